The molecule has 8 heteroatoms. The zero-order valence-corrected chi connectivity index (χ0v) is 14.1. The minimum atomic E-state index is -0.946. The molecule has 26 heavy (non-hydrogen) atoms. The van der Waals surface area contributed by atoms with E-state index in [9.17, 15) is 14.0 Å². The van der Waals surface area contributed by atoms with Gasteiger partial charge in [0, 0.05) is 6.07 Å². The van der Waals surface area contributed by atoms with Crippen molar-refractivity contribution in [3.63, 3.8) is 0 Å². The molecule has 2 amide bonds. The molecule has 0 bridgehead atoms. The van der Waals surface area contributed by atoms with Crippen LogP contribution in [0.2, 0.25) is 0 Å². The fourth-order valence-electron chi connectivity index (χ4n) is 3.10. The molecule has 0 aromatic heterocycles. The molecule has 0 radical (unpaired) electrons. The van der Waals surface area contributed by atoms with E-state index < -0.39 is 29.7 Å². The maximum absolute atomic E-state index is 13.9. The minimum absolute atomic E-state index is 0.373. The summed E-state index contributed by atoms with van der Waals surface area (Å²) in [6.07, 6.45) is 0. The molecule has 1 saturated heterocycles. The maximum Gasteiger partial charge on any atom is 0.263 e. The number of fused-ring (bicyclic) bond motifs is 1. The molecule has 132 valence electrons. The van der Waals surface area contributed by atoms with Gasteiger partial charge < -0.3 is 4.74 Å². The minimum Gasteiger partial charge on any atom is -0.497 e. The van der Waals surface area contributed by atoms with Gasteiger partial charge in [0.1, 0.15) is 11.6 Å². The number of methoxy groups -OCH3 is 1. The third-order valence-electron chi connectivity index (χ3n) is 4.51. The number of hydrogen-bond donors (Lipinski definition) is 0. The van der Waals surface area contributed by atoms with E-state index in [4.69, 9.17) is 4.74 Å². The van der Waals surface area contributed by atoms with Crippen molar-refractivity contribution in [3.8, 4) is 5.75 Å². The van der Waals surface area contributed by atoms with Crippen LogP contribution < -0.4 is 14.6 Å². The van der Waals surface area contributed by atoms with E-state index in [0.717, 1.165) is 4.90 Å². The highest BCUT2D eigenvalue weighted by molar-refractivity contribution is 6.26. The van der Waals surface area contributed by atoms with Crippen molar-refractivity contribution in [3.05, 3.63) is 53.8 Å². The van der Waals surface area contributed by atoms with Gasteiger partial charge in [0.05, 0.1) is 18.5 Å². The molecule has 0 unspecified atom stereocenters. The summed E-state index contributed by atoms with van der Waals surface area (Å²) in [5, 5.41) is 9.16. The summed E-state index contributed by atoms with van der Waals surface area (Å²) in [7, 11) is 1.50. The molecule has 2 heterocycles. The van der Waals surface area contributed by atoms with Gasteiger partial charge in [-0.15, -0.1) is 0 Å². The van der Waals surface area contributed by atoms with Crippen molar-refractivity contribution in [2.45, 2.75) is 19.0 Å². The normalized spacial score (nSPS) is 21.5. The molecule has 0 aliphatic carbocycles. The quantitative estimate of drug-likeness (QED) is 0.794. The second-order valence-corrected chi connectivity index (χ2v) is 6.09. The van der Waals surface area contributed by atoms with Gasteiger partial charge in [-0.1, -0.05) is 17.4 Å². The van der Waals surface area contributed by atoms with Crippen LogP contribution in [0, 0.1) is 12.7 Å². The highest BCUT2D eigenvalue weighted by Gasteiger charge is 2.55. The predicted molar refractivity (Wildman–Crippen MR) is 91.5 cm³/mol. The van der Waals surface area contributed by atoms with E-state index in [0.29, 0.717) is 22.7 Å². The predicted octanol–water partition coefficient (Wildman–Crippen LogP) is 2.64. The van der Waals surface area contributed by atoms with Gasteiger partial charge >= 0.3 is 0 Å². The molecule has 0 spiro atoms. The van der Waals surface area contributed by atoms with Gasteiger partial charge in [0.15, 0.2) is 12.1 Å². The molecular weight excluding hydrogens is 339 g/mol. The van der Waals surface area contributed by atoms with Crippen molar-refractivity contribution in [1.82, 2.24) is 0 Å². The standard InChI is InChI=1S/C18H15FN4O3/c1-10-6-7-12(9-14(10)19)23-16-15(20-21-23)17(24)22(18(16)25)11-4-3-5-13(8-11)26-2/h3-9,15-16H,1-2H3/t15-,16+/m0/s1. The van der Waals surface area contributed by atoms with Gasteiger partial charge in [0.25, 0.3) is 11.8 Å². The van der Waals surface area contributed by atoms with Crippen LogP contribution in [0.3, 0.4) is 0 Å². The van der Waals surface area contributed by atoms with Crippen LogP contribution >= 0.6 is 0 Å². The summed E-state index contributed by atoms with van der Waals surface area (Å²) in [4.78, 5) is 26.7. The van der Waals surface area contributed by atoms with Gasteiger partial charge in [-0.2, -0.15) is 5.11 Å². The number of halogens is 1. The Kier molecular flexibility index (Phi) is 3.68. The van der Waals surface area contributed by atoms with Crippen molar-refractivity contribution < 1.29 is 18.7 Å². The number of imide groups is 1. The fourth-order valence-corrected chi connectivity index (χ4v) is 3.10. The van der Waals surface area contributed by atoms with Crippen molar-refractivity contribution in [1.29, 1.82) is 0 Å². The maximum atomic E-state index is 13.9. The number of amides is 2. The number of aryl methyl sites for hydroxylation is 1. The Bertz CT molecular complexity index is 946. The Labute approximate surface area is 148 Å². The third-order valence-corrected chi connectivity index (χ3v) is 4.51. The molecule has 1 fully saturated rings. The zero-order chi connectivity index (χ0) is 18.4. The van der Waals surface area contributed by atoms with E-state index in [1.807, 2.05) is 0 Å². The number of carbonyl (C=O) groups excluding carboxylic acids is 2. The molecule has 0 saturated carbocycles. The van der Waals surface area contributed by atoms with Crippen LogP contribution in [0.1, 0.15) is 5.56 Å². The molecular formula is C18H15FN4O3. The lowest BCUT2D eigenvalue weighted by atomic mass is 10.1. The van der Waals surface area contributed by atoms with E-state index in [1.54, 1.807) is 43.3 Å². The Hall–Kier alpha value is -3.29. The van der Waals surface area contributed by atoms with E-state index in [-0.39, 0.29) is 0 Å². The van der Waals surface area contributed by atoms with Crippen LogP contribution in [0.4, 0.5) is 15.8 Å². The van der Waals surface area contributed by atoms with Gasteiger partial charge in [0.2, 0.25) is 0 Å². The SMILES string of the molecule is COc1cccc(N2C(=O)[C@H]3N=NN(c4ccc(C)c(F)c4)[C@H]3C2=O)c1. The van der Waals surface area contributed by atoms with Crippen LogP contribution in [-0.2, 0) is 9.59 Å². The number of nitrogens with zero attached hydrogens (tertiary/aromatic N) is 4. The second-order valence-electron chi connectivity index (χ2n) is 6.09. The fraction of sp³-hybridized carbons (Fsp3) is 0.222. The molecule has 2 aromatic rings. The molecule has 2 aliphatic heterocycles. The molecule has 2 atom stereocenters. The van der Waals surface area contributed by atoms with Crippen LogP contribution in [0.25, 0.3) is 0 Å². The van der Waals surface area contributed by atoms with Crippen molar-refractivity contribution in [2.24, 2.45) is 10.3 Å². The number of hydrogen-bond acceptors (Lipinski definition) is 6. The Morgan fingerprint density at radius 1 is 1.08 bits per heavy atom. The molecule has 0 N–H and O–H groups in total. The summed E-state index contributed by atoms with van der Waals surface area (Å²) < 4.78 is 19.1. The summed E-state index contributed by atoms with van der Waals surface area (Å²) in [6, 6.07) is 9.31. The average molecular weight is 354 g/mol. The van der Waals surface area contributed by atoms with Crippen molar-refractivity contribution >= 4 is 23.2 Å². The lowest BCUT2D eigenvalue weighted by molar-refractivity contribution is -0.121. The Balaban J connectivity index is 1.70. The lowest BCUT2D eigenvalue weighted by Gasteiger charge is -2.21. The number of rotatable bonds is 3. The van der Waals surface area contributed by atoms with Crippen LogP contribution in [-0.4, -0.2) is 31.0 Å². The largest absolute Gasteiger partial charge is 0.497 e. The first kappa shape index (κ1) is 16.2. The zero-order valence-electron chi connectivity index (χ0n) is 14.1. The van der Waals surface area contributed by atoms with Crippen LogP contribution in [0.15, 0.2) is 52.8 Å². The molecule has 2 aromatic carbocycles. The van der Waals surface area contributed by atoms with Gasteiger partial charge in [-0.25, -0.2) is 14.3 Å². The number of benzene rings is 2. The number of ether oxygens (including phenoxy) is 1. The van der Waals surface area contributed by atoms with Gasteiger partial charge in [-0.3, -0.25) is 9.59 Å². The Morgan fingerprint density at radius 2 is 1.88 bits per heavy atom. The first-order chi connectivity index (χ1) is 12.5. The first-order valence-electron chi connectivity index (χ1n) is 7.99. The van der Waals surface area contributed by atoms with Crippen LogP contribution in [0.5, 0.6) is 5.75 Å². The van der Waals surface area contributed by atoms with Crippen molar-refractivity contribution in [2.75, 3.05) is 17.0 Å². The highest BCUT2D eigenvalue weighted by atomic mass is 19.1. The smallest absolute Gasteiger partial charge is 0.263 e. The first-order valence-corrected chi connectivity index (χ1v) is 7.99. The third kappa shape index (κ3) is 2.33. The molecule has 2 aliphatic rings. The number of anilines is 2. The van der Waals surface area contributed by atoms with E-state index in [2.05, 4.69) is 10.3 Å². The number of carbonyl (C=O) groups is 2. The average Bonchev–Trinajstić information content (AvgIpc) is 3.18. The lowest BCUT2D eigenvalue weighted by Crippen LogP contribution is -2.40. The van der Waals surface area contributed by atoms with Gasteiger partial charge in [-0.05, 0) is 36.8 Å². The van der Waals surface area contributed by atoms with E-state index >= 15 is 0 Å². The summed E-state index contributed by atoms with van der Waals surface area (Å²) in [6.45, 7) is 1.64. The highest BCUT2D eigenvalue weighted by Crippen LogP contribution is 2.36. The summed E-state index contributed by atoms with van der Waals surface area (Å²) in [5.74, 6) is -0.812. The molecule has 7 nitrogen and oxygen atoms in total. The summed E-state index contributed by atoms with van der Waals surface area (Å²) in [5.41, 5.74) is 1.25. The monoisotopic (exact) mass is 354 g/mol. The molecule has 4 rings (SSSR count). The second kappa shape index (κ2) is 5.91. The Morgan fingerprint density at radius 3 is 2.62 bits per heavy atom. The van der Waals surface area contributed by atoms with E-state index in [1.165, 1.54) is 18.2 Å². The topological polar surface area (TPSA) is 74.6 Å². The summed E-state index contributed by atoms with van der Waals surface area (Å²) >= 11 is 0.